The summed E-state index contributed by atoms with van der Waals surface area (Å²) in [5, 5.41) is 0. The molecule has 4 rings (SSSR count). The van der Waals surface area contributed by atoms with Crippen LogP contribution in [0.4, 0.5) is 0 Å². The Hall–Kier alpha value is -2.10. The first-order chi connectivity index (χ1) is 17.4. The fourth-order valence-electron chi connectivity index (χ4n) is 5.08. The van der Waals surface area contributed by atoms with Crippen LogP contribution in [0.1, 0.15) is 46.8 Å². The van der Waals surface area contributed by atoms with Gasteiger partial charge in [0.1, 0.15) is 18.0 Å². The van der Waals surface area contributed by atoms with Gasteiger partial charge in [-0.2, -0.15) is 0 Å². The summed E-state index contributed by atoms with van der Waals surface area (Å²) in [7, 11) is 3.59. The molecule has 2 saturated heterocycles. The van der Waals surface area contributed by atoms with Crippen LogP contribution < -0.4 is 4.74 Å². The highest BCUT2D eigenvalue weighted by atomic mass is 32.2. The molecule has 0 saturated carbocycles. The number of nitrogens with zero attached hydrogens (tertiary/aromatic N) is 2. The molecule has 8 heteroatoms. The normalized spacial score (nSPS) is 21.7. The van der Waals surface area contributed by atoms with Gasteiger partial charge in [-0.3, -0.25) is 4.79 Å². The van der Waals surface area contributed by atoms with E-state index in [1.807, 2.05) is 65.6 Å². The van der Waals surface area contributed by atoms with Crippen molar-refractivity contribution in [3.8, 4) is 5.75 Å². The molecule has 0 N–H and O–H groups in total. The number of methoxy groups -OCH3 is 1. The first-order valence-electron chi connectivity index (χ1n) is 12.8. The van der Waals surface area contributed by atoms with Crippen LogP contribution in [0.2, 0.25) is 0 Å². The van der Waals surface area contributed by atoms with Gasteiger partial charge in [-0.05, 0) is 49.4 Å². The largest absolute Gasteiger partial charge is 0.598 e. The molecule has 2 heterocycles. The van der Waals surface area contributed by atoms with E-state index in [-0.39, 0.29) is 24.2 Å². The van der Waals surface area contributed by atoms with E-state index in [0.29, 0.717) is 24.6 Å². The molecule has 7 nitrogen and oxygen atoms in total. The van der Waals surface area contributed by atoms with Crippen LogP contribution in [0, 0.1) is 6.92 Å². The molecule has 2 unspecified atom stereocenters. The van der Waals surface area contributed by atoms with Gasteiger partial charge in [-0.15, -0.1) is 4.31 Å². The van der Waals surface area contributed by atoms with Crippen molar-refractivity contribution in [2.24, 2.45) is 0 Å². The van der Waals surface area contributed by atoms with E-state index in [4.69, 9.17) is 14.2 Å². The Labute approximate surface area is 218 Å². The average Bonchev–Trinajstić information content (AvgIpc) is 3.31. The molecule has 3 atom stereocenters. The van der Waals surface area contributed by atoms with Crippen LogP contribution in [-0.4, -0.2) is 78.4 Å². The van der Waals surface area contributed by atoms with Gasteiger partial charge in [-0.1, -0.05) is 37.3 Å². The van der Waals surface area contributed by atoms with Gasteiger partial charge in [0.15, 0.2) is 5.75 Å². The quantitative estimate of drug-likeness (QED) is 0.475. The number of rotatable bonds is 9. The van der Waals surface area contributed by atoms with Crippen molar-refractivity contribution in [2.45, 2.75) is 57.1 Å². The number of hydrogen-bond acceptors (Lipinski definition) is 6. The highest BCUT2D eigenvalue weighted by Crippen LogP contribution is 2.26. The summed E-state index contributed by atoms with van der Waals surface area (Å²) in [4.78, 5) is 15.3. The van der Waals surface area contributed by atoms with Crippen molar-refractivity contribution < 1.29 is 23.6 Å². The van der Waals surface area contributed by atoms with Crippen LogP contribution in [-0.2, 0) is 33.0 Å². The lowest BCUT2D eigenvalue weighted by atomic mass is 9.99. The Kier molecular flexibility index (Phi) is 9.30. The van der Waals surface area contributed by atoms with E-state index in [0.717, 1.165) is 54.7 Å². The summed E-state index contributed by atoms with van der Waals surface area (Å²) < 4.78 is 32.4. The van der Waals surface area contributed by atoms with E-state index < -0.39 is 11.4 Å². The number of carbonyl (C=O) groups is 1. The van der Waals surface area contributed by atoms with Gasteiger partial charge in [-0.25, -0.2) is 0 Å². The van der Waals surface area contributed by atoms with Crippen molar-refractivity contribution >= 4 is 17.3 Å². The molecule has 36 heavy (non-hydrogen) atoms. The van der Waals surface area contributed by atoms with Crippen LogP contribution in [0.5, 0.6) is 5.75 Å². The Balaban J connectivity index is 1.41. The fraction of sp³-hybridized carbons (Fsp3) is 0.536. The van der Waals surface area contributed by atoms with Crippen molar-refractivity contribution in [1.82, 2.24) is 9.21 Å². The van der Waals surface area contributed by atoms with E-state index in [2.05, 4.69) is 6.92 Å². The van der Waals surface area contributed by atoms with Gasteiger partial charge in [0.05, 0.1) is 19.1 Å². The number of ether oxygens (including phenoxy) is 3. The third-order valence-corrected chi connectivity index (χ3v) is 8.78. The van der Waals surface area contributed by atoms with E-state index >= 15 is 0 Å². The minimum atomic E-state index is -1.13. The Morgan fingerprint density at radius 2 is 1.89 bits per heavy atom. The second-order valence-electron chi connectivity index (χ2n) is 9.61. The maximum absolute atomic E-state index is 13.4. The maximum atomic E-state index is 13.4. The molecule has 0 bridgehead atoms. The number of hydrogen-bond donors (Lipinski definition) is 0. The van der Waals surface area contributed by atoms with Gasteiger partial charge in [0, 0.05) is 49.9 Å². The number of carbonyl (C=O) groups excluding carboxylic acids is 1. The molecule has 2 fully saturated rings. The second-order valence-corrected chi connectivity index (χ2v) is 11.1. The monoisotopic (exact) mass is 514 g/mol. The smallest absolute Gasteiger partial charge is 0.254 e. The molecule has 0 aliphatic carbocycles. The predicted octanol–water partition coefficient (Wildman–Crippen LogP) is 3.75. The summed E-state index contributed by atoms with van der Waals surface area (Å²) in [6.45, 7) is 6.44. The molecule has 2 aromatic rings. The zero-order chi connectivity index (χ0) is 25.7. The van der Waals surface area contributed by atoms with Crippen molar-refractivity contribution in [3.63, 3.8) is 0 Å². The molecule has 196 valence electrons. The minimum absolute atomic E-state index is 0.0263. The van der Waals surface area contributed by atoms with Crippen molar-refractivity contribution in [3.05, 3.63) is 64.7 Å². The lowest BCUT2D eigenvalue weighted by Gasteiger charge is -2.31. The van der Waals surface area contributed by atoms with Crippen molar-refractivity contribution in [1.29, 1.82) is 0 Å². The molecule has 0 spiro atoms. The molecule has 2 aliphatic rings. The summed E-state index contributed by atoms with van der Waals surface area (Å²) in [6, 6.07) is 14.0. The van der Waals surface area contributed by atoms with E-state index in [9.17, 15) is 9.35 Å². The van der Waals surface area contributed by atoms with Crippen LogP contribution in [0.15, 0.2) is 42.5 Å². The first kappa shape index (κ1) is 26.9. The molecule has 0 aromatic heterocycles. The Morgan fingerprint density at radius 3 is 2.61 bits per heavy atom. The third-order valence-electron chi connectivity index (χ3n) is 7.26. The molecule has 2 aliphatic heterocycles. The van der Waals surface area contributed by atoms with Gasteiger partial charge in [0.25, 0.3) is 5.91 Å². The van der Waals surface area contributed by atoms with E-state index in [1.165, 1.54) is 0 Å². The number of likely N-dealkylation sites (tertiary alicyclic amines) is 1. The van der Waals surface area contributed by atoms with Crippen LogP contribution in [0.25, 0.3) is 0 Å². The van der Waals surface area contributed by atoms with E-state index in [1.54, 1.807) is 7.11 Å². The molecule has 1 amide bonds. The van der Waals surface area contributed by atoms with Gasteiger partial charge >= 0.3 is 0 Å². The molecule has 0 radical (unpaired) electrons. The van der Waals surface area contributed by atoms with Crippen LogP contribution in [0.3, 0.4) is 0 Å². The Morgan fingerprint density at radius 1 is 1.17 bits per heavy atom. The zero-order valence-electron chi connectivity index (χ0n) is 21.8. The zero-order valence-corrected chi connectivity index (χ0v) is 22.6. The summed E-state index contributed by atoms with van der Waals surface area (Å²) >= 11 is -1.13. The van der Waals surface area contributed by atoms with Gasteiger partial charge in [0.2, 0.25) is 0 Å². The maximum Gasteiger partial charge on any atom is 0.254 e. The third kappa shape index (κ3) is 6.23. The average molecular weight is 515 g/mol. The molecular weight excluding hydrogens is 476 g/mol. The summed E-state index contributed by atoms with van der Waals surface area (Å²) in [6.07, 6.45) is 2.12. The predicted molar refractivity (Wildman–Crippen MR) is 142 cm³/mol. The highest BCUT2D eigenvalue weighted by Gasteiger charge is 2.38. The molecule has 2 aromatic carbocycles. The van der Waals surface area contributed by atoms with Gasteiger partial charge < -0.3 is 23.7 Å². The SMILES string of the molecule is CCc1cccc(C)c1C(=O)N1CC(OC)[C@H](Oc2cccc(C[S+]([O-])N(C)C3CCOCC3)c2)C1. The standard InChI is InChI=1S/C28H38N2O5S/c1-5-22-10-6-8-20(2)27(22)28(31)30-17-25(33-4)26(18-30)35-24-11-7-9-21(16-24)19-36(32)29(3)23-12-14-34-15-13-23/h6-11,16,23,25-26H,5,12-15,17-19H2,1-4H3/t25?,26-,36?/m1/s1. The summed E-state index contributed by atoms with van der Waals surface area (Å²) in [5.74, 6) is 1.16. The highest BCUT2D eigenvalue weighted by molar-refractivity contribution is 7.88. The fourth-order valence-corrected chi connectivity index (χ4v) is 6.29. The lowest BCUT2D eigenvalue weighted by molar-refractivity contribution is 0.0339. The second kappa shape index (κ2) is 12.4. The number of aryl methyl sites for hydroxylation is 2. The van der Waals surface area contributed by atoms with Crippen LogP contribution >= 0.6 is 0 Å². The first-order valence-corrected chi connectivity index (χ1v) is 14.0. The Bertz CT molecular complexity index is 1030. The number of amides is 1. The topological polar surface area (TPSA) is 74.3 Å². The molecular formula is C28H38N2O5S. The lowest BCUT2D eigenvalue weighted by Crippen LogP contribution is -2.41. The van der Waals surface area contributed by atoms with Crippen molar-refractivity contribution in [2.75, 3.05) is 40.5 Å². The minimum Gasteiger partial charge on any atom is -0.598 e. The summed E-state index contributed by atoms with van der Waals surface area (Å²) in [5.41, 5.74) is 3.79. The number of benzene rings is 2.